The number of urea groups is 1. The number of carbonyl (C=O) groups excluding carboxylic acids is 1. The Hall–Kier alpha value is -3.79. The van der Waals surface area contributed by atoms with Gasteiger partial charge in [-0.2, -0.15) is 0 Å². The summed E-state index contributed by atoms with van der Waals surface area (Å²) in [5, 5.41) is 12.6. The van der Waals surface area contributed by atoms with Crippen molar-refractivity contribution >= 4 is 11.7 Å². The van der Waals surface area contributed by atoms with Crippen molar-refractivity contribution in [2.45, 2.75) is 31.4 Å². The average Bonchev–Trinajstić information content (AvgIpc) is 3.21. The van der Waals surface area contributed by atoms with Gasteiger partial charge in [-0.15, -0.1) is 0 Å². The molecule has 5 rings (SSSR count). The van der Waals surface area contributed by atoms with Crippen LogP contribution in [-0.2, 0) is 6.61 Å². The molecular weight excluding hydrogens is 462 g/mol. The first-order valence-electron chi connectivity index (χ1n) is 12.9. The van der Waals surface area contributed by atoms with Gasteiger partial charge in [0.15, 0.2) is 0 Å². The molecule has 2 aliphatic rings. The standard InChI is InChI=1S/C31H33N3O3/c1-37-28-15-13-27(14-16-28)32-31(36)34-19-4-18-33-20-17-29(30(33)21-34)25-11-8-23(9-12-25)7-10-24-5-2-3-6-26(24)22-35/h2-3,5-6,8-9,11-16,29-30,35H,4,17-22H2,1H3,(H,32,36)/t29-,30+/m1/s1. The molecule has 2 N–H and O–H groups in total. The largest absolute Gasteiger partial charge is 0.497 e. The molecule has 3 aromatic rings. The molecule has 190 valence electrons. The monoisotopic (exact) mass is 495 g/mol. The Morgan fingerprint density at radius 3 is 2.54 bits per heavy atom. The molecule has 37 heavy (non-hydrogen) atoms. The number of carbonyl (C=O) groups is 1. The number of nitrogens with one attached hydrogen (secondary N) is 1. The molecule has 0 aromatic heterocycles. The number of anilines is 1. The van der Waals surface area contributed by atoms with E-state index < -0.39 is 0 Å². The van der Waals surface area contributed by atoms with Gasteiger partial charge in [0.1, 0.15) is 5.75 Å². The van der Waals surface area contributed by atoms with Gasteiger partial charge in [0, 0.05) is 48.4 Å². The van der Waals surface area contributed by atoms with E-state index in [0.29, 0.717) is 18.5 Å². The predicted molar refractivity (Wildman–Crippen MR) is 146 cm³/mol. The minimum Gasteiger partial charge on any atom is -0.497 e. The summed E-state index contributed by atoms with van der Waals surface area (Å²) in [5.74, 6) is 7.57. The lowest BCUT2D eigenvalue weighted by Gasteiger charge is -2.30. The fourth-order valence-electron chi connectivity index (χ4n) is 5.40. The van der Waals surface area contributed by atoms with Gasteiger partial charge in [0.2, 0.25) is 0 Å². The number of aliphatic hydroxyl groups excluding tert-OH is 1. The van der Waals surface area contributed by atoms with Gasteiger partial charge in [-0.05, 0) is 73.0 Å². The van der Waals surface area contributed by atoms with Crippen molar-refractivity contribution in [2.75, 3.05) is 38.6 Å². The van der Waals surface area contributed by atoms with Gasteiger partial charge >= 0.3 is 6.03 Å². The third-order valence-corrected chi connectivity index (χ3v) is 7.44. The van der Waals surface area contributed by atoms with Gasteiger partial charge in [-0.25, -0.2) is 4.79 Å². The maximum atomic E-state index is 13.1. The van der Waals surface area contributed by atoms with Crippen molar-refractivity contribution in [3.63, 3.8) is 0 Å². The Bertz CT molecular complexity index is 1280. The highest BCUT2D eigenvalue weighted by molar-refractivity contribution is 5.89. The lowest BCUT2D eigenvalue weighted by Crippen LogP contribution is -2.43. The van der Waals surface area contributed by atoms with Crippen LogP contribution in [0.15, 0.2) is 72.8 Å². The van der Waals surface area contributed by atoms with Crippen LogP contribution in [0.2, 0.25) is 0 Å². The maximum Gasteiger partial charge on any atom is 0.321 e. The number of rotatable bonds is 4. The molecule has 0 spiro atoms. The molecule has 0 radical (unpaired) electrons. The molecule has 0 saturated carbocycles. The summed E-state index contributed by atoms with van der Waals surface area (Å²) in [6.45, 7) is 3.53. The Labute approximate surface area is 218 Å². The van der Waals surface area contributed by atoms with Crippen LogP contribution < -0.4 is 10.1 Å². The van der Waals surface area contributed by atoms with E-state index in [-0.39, 0.29) is 12.6 Å². The van der Waals surface area contributed by atoms with Crippen molar-refractivity contribution in [1.82, 2.24) is 9.80 Å². The summed E-state index contributed by atoms with van der Waals surface area (Å²) in [6.07, 6.45) is 2.07. The van der Waals surface area contributed by atoms with Gasteiger partial charge in [-0.3, -0.25) is 4.90 Å². The molecule has 2 heterocycles. The van der Waals surface area contributed by atoms with Crippen LogP contribution in [0.25, 0.3) is 0 Å². The van der Waals surface area contributed by atoms with Gasteiger partial charge in [-0.1, -0.05) is 42.2 Å². The molecular formula is C31H33N3O3. The zero-order chi connectivity index (χ0) is 25.6. The number of hydrogen-bond donors (Lipinski definition) is 2. The van der Waals surface area contributed by atoms with Crippen LogP contribution in [0.4, 0.5) is 10.5 Å². The van der Waals surface area contributed by atoms with E-state index in [4.69, 9.17) is 4.74 Å². The summed E-state index contributed by atoms with van der Waals surface area (Å²) >= 11 is 0. The van der Waals surface area contributed by atoms with Crippen LogP contribution >= 0.6 is 0 Å². The average molecular weight is 496 g/mol. The van der Waals surface area contributed by atoms with Crippen molar-refractivity contribution in [1.29, 1.82) is 0 Å². The second-order valence-electron chi connectivity index (χ2n) is 9.64. The number of methoxy groups -OCH3 is 1. The molecule has 3 aromatic carbocycles. The first kappa shape index (κ1) is 24.9. The molecule has 6 heteroatoms. The van der Waals surface area contributed by atoms with Crippen LogP contribution in [0.3, 0.4) is 0 Å². The molecule has 2 fully saturated rings. The minimum atomic E-state index is -0.0496. The van der Waals surface area contributed by atoms with Crippen molar-refractivity contribution in [3.05, 3.63) is 95.1 Å². The number of hydrogen-bond acceptors (Lipinski definition) is 4. The van der Waals surface area contributed by atoms with E-state index >= 15 is 0 Å². The maximum absolute atomic E-state index is 13.1. The zero-order valence-electron chi connectivity index (χ0n) is 21.2. The van der Waals surface area contributed by atoms with Gasteiger partial charge in [0.25, 0.3) is 0 Å². The van der Waals surface area contributed by atoms with Crippen LogP contribution in [0.1, 0.15) is 41.0 Å². The number of nitrogens with zero attached hydrogens (tertiary/aromatic N) is 2. The quantitative estimate of drug-likeness (QED) is 0.516. The smallest absolute Gasteiger partial charge is 0.321 e. The van der Waals surface area contributed by atoms with E-state index in [1.165, 1.54) is 5.56 Å². The fourth-order valence-corrected chi connectivity index (χ4v) is 5.40. The van der Waals surface area contributed by atoms with E-state index in [1.807, 2.05) is 53.4 Å². The van der Waals surface area contributed by atoms with E-state index in [0.717, 1.165) is 60.6 Å². The summed E-state index contributed by atoms with van der Waals surface area (Å²) in [6, 6.07) is 23.9. The third-order valence-electron chi connectivity index (χ3n) is 7.44. The Kier molecular flexibility index (Phi) is 7.74. The molecule has 2 atom stereocenters. The van der Waals surface area contributed by atoms with Gasteiger partial charge in [0.05, 0.1) is 13.7 Å². The van der Waals surface area contributed by atoms with Crippen LogP contribution in [0, 0.1) is 11.8 Å². The highest BCUT2D eigenvalue weighted by Crippen LogP contribution is 2.35. The Balaban J connectivity index is 1.27. The number of ether oxygens (including phenoxy) is 1. The Morgan fingerprint density at radius 2 is 1.78 bits per heavy atom. The lowest BCUT2D eigenvalue weighted by atomic mass is 9.91. The second kappa shape index (κ2) is 11.5. The first-order valence-corrected chi connectivity index (χ1v) is 12.9. The number of fused-ring (bicyclic) bond motifs is 1. The molecule has 2 amide bonds. The van der Waals surface area contributed by atoms with E-state index in [1.54, 1.807) is 7.11 Å². The number of benzene rings is 3. The third kappa shape index (κ3) is 5.80. The summed E-state index contributed by atoms with van der Waals surface area (Å²) in [5.41, 5.74) is 4.71. The van der Waals surface area contributed by atoms with Crippen molar-refractivity contribution in [3.8, 4) is 17.6 Å². The zero-order valence-corrected chi connectivity index (χ0v) is 21.2. The summed E-state index contributed by atoms with van der Waals surface area (Å²) < 4.78 is 5.21. The summed E-state index contributed by atoms with van der Waals surface area (Å²) in [4.78, 5) is 17.6. The van der Waals surface area contributed by atoms with Crippen LogP contribution in [0.5, 0.6) is 5.75 Å². The minimum absolute atomic E-state index is 0.0154. The predicted octanol–water partition coefficient (Wildman–Crippen LogP) is 4.68. The SMILES string of the molecule is COc1ccc(NC(=O)N2CCCN3CC[C@H](c4ccc(C#Cc5ccccc5CO)cc4)[C@@H]3C2)cc1. The van der Waals surface area contributed by atoms with E-state index in [2.05, 4.69) is 46.3 Å². The van der Waals surface area contributed by atoms with Crippen LogP contribution in [-0.4, -0.2) is 60.3 Å². The number of aliphatic hydroxyl groups is 1. The van der Waals surface area contributed by atoms with Gasteiger partial charge < -0.3 is 20.1 Å². The fraction of sp³-hybridized carbons (Fsp3) is 0.323. The molecule has 0 unspecified atom stereocenters. The first-order chi connectivity index (χ1) is 18.1. The highest BCUT2D eigenvalue weighted by atomic mass is 16.5. The molecule has 2 aliphatic heterocycles. The van der Waals surface area contributed by atoms with Crippen molar-refractivity contribution < 1.29 is 14.6 Å². The normalized spacial score (nSPS) is 19.4. The number of amides is 2. The molecule has 0 bridgehead atoms. The topological polar surface area (TPSA) is 65.0 Å². The molecule has 6 nitrogen and oxygen atoms in total. The molecule has 0 aliphatic carbocycles. The molecule has 2 saturated heterocycles. The second-order valence-corrected chi connectivity index (χ2v) is 9.64. The Morgan fingerprint density at radius 1 is 1.00 bits per heavy atom. The lowest BCUT2D eigenvalue weighted by molar-refractivity contribution is 0.197. The summed E-state index contributed by atoms with van der Waals surface area (Å²) in [7, 11) is 1.63. The van der Waals surface area contributed by atoms with Crippen molar-refractivity contribution in [2.24, 2.45) is 0 Å². The van der Waals surface area contributed by atoms with E-state index in [9.17, 15) is 9.90 Å². The highest BCUT2D eigenvalue weighted by Gasteiger charge is 2.38.